The van der Waals surface area contributed by atoms with Crippen LogP contribution in [0.3, 0.4) is 0 Å². The number of fused-ring (bicyclic) bond motifs is 1. The van der Waals surface area contributed by atoms with E-state index in [1.807, 2.05) is 0 Å². The molecular formula is C12H11F3N4O3. The predicted octanol–water partition coefficient (Wildman–Crippen LogP) is 1.27. The van der Waals surface area contributed by atoms with Gasteiger partial charge in [0.15, 0.2) is 0 Å². The molecule has 0 saturated heterocycles. The zero-order valence-electron chi connectivity index (χ0n) is 11.4. The summed E-state index contributed by atoms with van der Waals surface area (Å²) < 4.78 is 44.4. The number of esters is 1. The van der Waals surface area contributed by atoms with Crippen molar-refractivity contribution in [3.63, 3.8) is 0 Å². The molecule has 0 amide bonds. The van der Waals surface area contributed by atoms with Gasteiger partial charge >= 0.3 is 12.1 Å². The molecule has 2 aromatic rings. The molecule has 7 nitrogen and oxygen atoms in total. The third kappa shape index (κ3) is 2.71. The van der Waals surface area contributed by atoms with Gasteiger partial charge in [-0.3, -0.25) is 4.79 Å². The summed E-state index contributed by atoms with van der Waals surface area (Å²) in [5, 5.41) is 3.13. The van der Waals surface area contributed by atoms with Crippen LogP contribution in [0.2, 0.25) is 0 Å². The van der Waals surface area contributed by atoms with Crippen LogP contribution in [-0.2, 0) is 17.5 Å². The molecule has 0 radical (unpaired) electrons. The molecule has 0 fully saturated rings. The zero-order valence-corrected chi connectivity index (χ0v) is 11.4. The standard InChI is InChI=1S/C12H11F3N4O3/c1-3-5-18-6-7(9(21)22-4-2)8(20)19-11(18)16-10(17-19)12(13,14)15/h3,6H,1,4-5H2,2H3. The fourth-order valence-corrected chi connectivity index (χ4v) is 1.75. The maximum atomic E-state index is 12.7. The lowest BCUT2D eigenvalue weighted by atomic mass is 10.3. The highest BCUT2D eigenvalue weighted by atomic mass is 19.4. The van der Waals surface area contributed by atoms with E-state index in [0.29, 0.717) is 4.52 Å². The number of alkyl halides is 3. The minimum absolute atomic E-state index is 0.0168. The summed E-state index contributed by atoms with van der Waals surface area (Å²) in [5.74, 6) is -2.76. The molecule has 0 unspecified atom stereocenters. The van der Waals surface area contributed by atoms with Crippen LogP contribution in [0.25, 0.3) is 5.78 Å². The maximum absolute atomic E-state index is 12.7. The number of rotatable bonds is 4. The monoisotopic (exact) mass is 316 g/mol. The van der Waals surface area contributed by atoms with Crippen LogP contribution in [0, 0.1) is 0 Å². The van der Waals surface area contributed by atoms with Crippen LogP contribution in [0.5, 0.6) is 0 Å². The van der Waals surface area contributed by atoms with Gasteiger partial charge in [-0.1, -0.05) is 6.08 Å². The Morgan fingerprint density at radius 1 is 1.50 bits per heavy atom. The van der Waals surface area contributed by atoms with Crippen LogP contribution in [-0.4, -0.2) is 31.7 Å². The number of allylic oxidation sites excluding steroid dienone is 1. The molecule has 0 aliphatic carbocycles. The van der Waals surface area contributed by atoms with E-state index in [2.05, 4.69) is 16.7 Å². The van der Waals surface area contributed by atoms with Crippen LogP contribution in [0.4, 0.5) is 13.2 Å². The summed E-state index contributed by atoms with van der Waals surface area (Å²) >= 11 is 0. The Hall–Kier alpha value is -2.65. The van der Waals surface area contributed by atoms with Crippen molar-refractivity contribution in [2.45, 2.75) is 19.6 Å². The highest BCUT2D eigenvalue weighted by Gasteiger charge is 2.37. The minimum atomic E-state index is -4.81. The van der Waals surface area contributed by atoms with E-state index in [1.165, 1.54) is 13.0 Å². The molecule has 2 rings (SSSR count). The first-order valence-corrected chi connectivity index (χ1v) is 6.15. The molecule has 0 bridgehead atoms. The Labute approximate surface area is 121 Å². The summed E-state index contributed by atoms with van der Waals surface area (Å²) in [6.07, 6.45) is -2.36. The average molecular weight is 316 g/mol. The summed E-state index contributed by atoms with van der Waals surface area (Å²) in [6, 6.07) is 0. The molecule has 0 N–H and O–H groups in total. The number of carbonyl (C=O) groups is 1. The Kier molecular flexibility index (Phi) is 4.02. The van der Waals surface area contributed by atoms with E-state index >= 15 is 0 Å². The molecule has 10 heteroatoms. The summed E-state index contributed by atoms with van der Waals surface area (Å²) in [7, 11) is 0. The molecule has 0 aliphatic heterocycles. The molecule has 0 aliphatic rings. The molecule has 0 atom stereocenters. The van der Waals surface area contributed by atoms with Crippen molar-refractivity contribution >= 4 is 11.7 Å². The van der Waals surface area contributed by atoms with E-state index in [9.17, 15) is 22.8 Å². The molecular weight excluding hydrogens is 305 g/mol. The Bertz CT molecular complexity index is 791. The van der Waals surface area contributed by atoms with E-state index in [-0.39, 0.29) is 18.9 Å². The average Bonchev–Trinajstić information content (AvgIpc) is 2.88. The quantitative estimate of drug-likeness (QED) is 0.627. The normalized spacial score (nSPS) is 11.6. The number of hydrogen-bond donors (Lipinski definition) is 0. The van der Waals surface area contributed by atoms with E-state index < -0.39 is 29.1 Å². The van der Waals surface area contributed by atoms with Crippen molar-refractivity contribution in [1.29, 1.82) is 0 Å². The third-order valence-corrected chi connectivity index (χ3v) is 2.63. The van der Waals surface area contributed by atoms with Gasteiger partial charge in [0.1, 0.15) is 5.56 Å². The molecule has 0 spiro atoms. The van der Waals surface area contributed by atoms with Gasteiger partial charge in [-0.25, -0.2) is 4.79 Å². The zero-order chi connectivity index (χ0) is 16.5. The van der Waals surface area contributed by atoms with Crippen LogP contribution >= 0.6 is 0 Å². The Morgan fingerprint density at radius 3 is 2.73 bits per heavy atom. The number of nitrogens with zero attached hydrogens (tertiary/aromatic N) is 4. The van der Waals surface area contributed by atoms with Crippen molar-refractivity contribution in [2.24, 2.45) is 0 Å². The van der Waals surface area contributed by atoms with Gasteiger partial charge in [-0.05, 0) is 6.92 Å². The SMILES string of the molecule is C=CCn1cc(C(=O)OCC)c(=O)n2nc(C(F)(F)F)nc12. The highest BCUT2D eigenvalue weighted by Crippen LogP contribution is 2.26. The molecule has 0 saturated carbocycles. The summed E-state index contributed by atoms with van der Waals surface area (Å²) in [5.41, 5.74) is -1.47. The minimum Gasteiger partial charge on any atom is -0.462 e. The van der Waals surface area contributed by atoms with Crippen LogP contribution in [0.1, 0.15) is 23.1 Å². The lowest BCUT2D eigenvalue weighted by Gasteiger charge is -2.07. The molecule has 0 aromatic carbocycles. The molecule has 2 aromatic heterocycles. The number of aromatic nitrogens is 4. The fourth-order valence-electron chi connectivity index (χ4n) is 1.75. The fraction of sp³-hybridized carbons (Fsp3) is 0.333. The van der Waals surface area contributed by atoms with Crippen LogP contribution in [0.15, 0.2) is 23.6 Å². The second kappa shape index (κ2) is 5.62. The smallest absolute Gasteiger partial charge is 0.453 e. The van der Waals surface area contributed by atoms with Crippen LogP contribution < -0.4 is 5.56 Å². The van der Waals surface area contributed by atoms with Gasteiger partial charge in [-0.2, -0.15) is 22.7 Å². The molecule has 2 heterocycles. The molecule has 22 heavy (non-hydrogen) atoms. The van der Waals surface area contributed by atoms with Gasteiger partial charge in [0.25, 0.3) is 11.4 Å². The van der Waals surface area contributed by atoms with E-state index in [1.54, 1.807) is 0 Å². The Balaban J connectivity index is 2.76. The lowest BCUT2D eigenvalue weighted by molar-refractivity contribution is -0.144. The number of carbonyl (C=O) groups excluding carboxylic acids is 1. The first-order chi connectivity index (χ1) is 10.3. The van der Waals surface area contributed by atoms with Gasteiger partial charge < -0.3 is 9.30 Å². The topological polar surface area (TPSA) is 78.5 Å². The molecule has 118 valence electrons. The highest BCUT2D eigenvalue weighted by molar-refractivity contribution is 5.88. The van der Waals surface area contributed by atoms with E-state index in [4.69, 9.17) is 4.74 Å². The lowest BCUT2D eigenvalue weighted by Crippen LogP contribution is -2.27. The maximum Gasteiger partial charge on any atom is 0.453 e. The number of hydrogen-bond acceptors (Lipinski definition) is 5. The van der Waals surface area contributed by atoms with Crippen molar-refractivity contribution in [3.8, 4) is 0 Å². The van der Waals surface area contributed by atoms with Crippen molar-refractivity contribution < 1.29 is 22.7 Å². The first-order valence-electron chi connectivity index (χ1n) is 6.15. The largest absolute Gasteiger partial charge is 0.462 e. The van der Waals surface area contributed by atoms with Gasteiger partial charge in [-0.15, -0.1) is 11.7 Å². The van der Waals surface area contributed by atoms with Crippen molar-refractivity contribution in [1.82, 2.24) is 19.2 Å². The third-order valence-electron chi connectivity index (χ3n) is 2.63. The van der Waals surface area contributed by atoms with Gasteiger partial charge in [0.05, 0.1) is 6.61 Å². The van der Waals surface area contributed by atoms with E-state index in [0.717, 1.165) is 10.8 Å². The number of halogens is 3. The summed E-state index contributed by atoms with van der Waals surface area (Å²) in [4.78, 5) is 27.1. The van der Waals surface area contributed by atoms with Crippen molar-refractivity contribution in [3.05, 3.63) is 40.6 Å². The van der Waals surface area contributed by atoms with Gasteiger partial charge in [0.2, 0.25) is 5.78 Å². The second-order valence-corrected chi connectivity index (χ2v) is 4.15. The van der Waals surface area contributed by atoms with Crippen molar-refractivity contribution in [2.75, 3.05) is 6.61 Å². The van der Waals surface area contributed by atoms with Gasteiger partial charge in [0, 0.05) is 12.7 Å². The summed E-state index contributed by atoms with van der Waals surface area (Å²) in [6.45, 7) is 5.05. The second-order valence-electron chi connectivity index (χ2n) is 4.15. The Morgan fingerprint density at radius 2 is 2.18 bits per heavy atom. The first kappa shape index (κ1) is 15.7. The number of ether oxygens (including phenoxy) is 1. The predicted molar refractivity (Wildman–Crippen MR) is 68.4 cm³/mol.